The van der Waals surface area contributed by atoms with Crippen LogP contribution in [0.5, 0.6) is 0 Å². The van der Waals surface area contributed by atoms with Gasteiger partial charge < -0.3 is 0 Å². The summed E-state index contributed by atoms with van der Waals surface area (Å²) in [5.41, 5.74) is -2.77. The van der Waals surface area contributed by atoms with Crippen molar-refractivity contribution in [2.75, 3.05) is 0 Å². The number of nitrogens with zero attached hydrogens (tertiary/aromatic N) is 3. The molecule has 0 spiro atoms. The lowest BCUT2D eigenvalue weighted by Gasteiger charge is -2.09. The van der Waals surface area contributed by atoms with Crippen molar-refractivity contribution < 1.29 is 13.2 Å². The second-order valence-corrected chi connectivity index (χ2v) is 5.26. The maximum absolute atomic E-state index is 12.6. The van der Waals surface area contributed by atoms with E-state index in [1.54, 1.807) is 6.92 Å². The van der Waals surface area contributed by atoms with Crippen LogP contribution in [0.4, 0.5) is 13.2 Å². The molecule has 3 nitrogen and oxygen atoms in total. The van der Waals surface area contributed by atoms with Crippen molar-refractivity contribution in [3.05, 3.63) is 23.8 Å². The van der Waals surface area contributed by atoms with Gasteiger partial charge >= 0.3 is 5.51 Å². The molecule has 0 aliphatic carbocycles. The van der Waals surface area contributed by atoms with Gasteiger partial charge in [0.15, 0.2) is 5.65 Å². The Kier molecular flexibility index (Phi) is 3.27. The normalized spacial score (nSPS) is 12.6. The smallest absolute Gasteiger partial charge is 0.291 e. The average molecular weight is 275 g/mol. The van der Waals surface area contributed by atoms with Gasteiger partial charge in [-0.05, 0) is 12.8 Å². The summed E-state index contributed by atoms with van der Waals surface area (Å²) in [5.74, 6) is -0.0749. The lowest BCUT2D eigenvalue weighted by molar-refractivity contribution is -0.0330. The average Bonchev–Trinajstić information content (AvgIpc) is 2.57. The number of imidazole rings is 1. The van der Waals surface area contributed by atoms with Gasteiger partial charge in [0.05, 0.1) is 11.4 Å². The summed E-state index contributed by atoms with van der Waals surface area (Å²) in [6, 6.07) is 0. The fourth-order valence-corrected chi connectivity index (χ4v) is 2.54. The number of fused-ring (bicyclic) bond motifs is 1. The highest BCUT2D eigenvalue weighted by molar-refractivity contribution is 8.00. The van der Waals surface area contributed by atoms with Crippen LogP contribution in [0.2, 0.25) is 0 Å². The monoisotopic (exact) mass is 275 g/mol. The van der Waals surface area contributed by atoms with Crippen LogP contribution in [-0.2, 0) is 0 Å². The minimum Gasteiger partial charge on any atom is -0.291 e. The number of rotatable bonds is 2. The SMILES string of the molecule is Cc1nccn2c(SC(F)(F)F)c(C(C)C)nc12. The zero-order chi connectivity index (χ0) is 13.5. The van der Waals surface area contributed by atoms with Crippen LogP contribution in [0.15, 0.2) is 17.4 Å². The molecule has 2 heterocycles. The zero-order valence-corrected chi connectivity index (χ0v) is 10.9. The predicted octanol–water partition coefficient (Wildman–Crippen LogP) is 3.77. The third-order valence-corrected chi connectivity index (χ3v) is 3.29. The highest BCUT2D eigenvalue weighted by Gasteiger charge is 2.33. The van der Waals surface area contributed by atoms with Crippen molar-refractivity contribution in [3.8, 4) is 0 Å². The van der Waals surface area contributed by atoms with E-state index in [-0.39, 0.29) is 22.7 Å². The molecule has 18 heavy (non-hydrogen) atoms. The number of aryl methyl sites for hydroxylation is 1. The van der Waals surface area contributed by atoms with Crippen LogP contribution < -0.4 is 0 Å². The van der Waals surface area contributed by atoms with Gasteiger partial charge in [0.1, 0.15) is 5.03 Å². The molecule has 0 N–H and O–H groups in total. The Morgan fingerprint density at radius 3 is 2.56 bits per heavy atom. The molecular formula is C11H12F3N3S. The van der Waals surface area contributed by atoms with E-state index in [0.29, 0.717) is 17.0 Å². The molecule has 0 radical (unpaired) electrons. The van der Waals surface area contributed by atoms with E-state index in [2.05, 4.69) is 9.97 Å². The van der Waals surface area contributed by atoms with Crippen LogP contribution in [0, 0.1) is 6.92 Å². The molecule has 0 saturated heterocycles. The third kappa shape index (κ3) is 2.45. The quantitative estimate of drug-likeness (QED) is 0.781. The highest BCUT2D eigenvalue weighted by Crippen LogP contribution is 2.40. The predicted molar refractivity (Wildman–Crippen MR) is 63.7 cm³/mol. The minimum absolute atomic E-state index is 0.0749. The van der Waals surface area contributed by atoms with E-state index >= 15 is 0 Å². The molecule has 0 fully saturated rings. The first-order valence-electron chi connectivity index (χ1n) is 5.39. The van der Waals surface area contributed by atoms with Gasteiger partial charge in [-0.1, -0.05) is 13.8 Å². The Bertz CT molecular complexity index is 575. The Balaban J connectivity index is 2.67. The lowest BCUT2D eigenvalue weighted by Crippen LogP contribution is -2.03. The van der Waals surface area contributed by atoms with Gasteiger partial charge in [-0.3, -0.25) is 9.38 Å². The van der Waals surface area contributed by atoms with Crippen LogP contribution in [-0.4, -0.2) is 19.9 Å². The highest BCUT2D eigenvalue weighted by atomic mass is 32.2. The topological polar surface area (TPSA) is 30.2 Å². The maximum Gasteiger partial charge on any atom is 0.447 e. The number of thioether (sulfide) groups is 1. The van der Waals surface area contributed by atoms with Crippen LogP contribution in [0.1, 0.15) is 31.2 Å². The van der Waals surface area contributed by atoms with Crippen molar-refractivity contribution in [1.29, 1.82) is 0 Å². The number of halogens is 3. The van der Waals surface area contributed by atoms with Crippen molar-refractivity contribution in [3.63, 3.8) is 0 Å². The Labute approximate surface area is 106 Å². The first-order chi connectivity index (χ1) is 8.29. The zero-order valence-electron chi connectivity index (χ0n) is 10.1. The summed E-state index contributed by atoms with van der Waals surface area (Å²) in [7, 11) is 0. The van der Waals surface area contributed by atoms with Gasteiger partial charge in [0.25, 0.3) is 0 Å². The molecule has 0 atom stereocenters. The molecule has 98 valence electrons. The summed E-state index contributed by atoms with van der Waals surface area (Å²) in [5, 5.41) is 0.123. The van der Waals surface area contributed by atoms with E-state index in [4.69, 9.17) is 0 Å². The van der Waals surface area contributed by atoms with E-state index < -0.39 is 5.51 Å². The summed E-state index contributed by atoms with van der Waals surface area (Å²) >= 11 is -0.127. The van der Waals surface area contributed by atoms with Crippen molar-refractivity contribution in [2.24, 2.45) is 0 Å². The molecule has 0 aliphatic heterocycles. The number of alkyl halides is 3. The molecule has 2 aromatic rings. The number of hydrogen-bond donors (Lipinski definition) is 0. The summed E-state index contributed by atoms with van der Waals surface area (Å²) in [6.45, 7) is 5.38. The van der Waals surface area contributed by atoms with Crippen molar-refractivity contribution >= 4 is 17.4 Å². The molecule has 2 aromatic heterocycles. The van der Waals surface area contributed by atoms with E-state index in [9.17, 15) is 13.2 Å². The molecule has 7 heteroatoms. The Morgan fingerprint density at radius 1 is 1.33 bits per heavy atom. The molecule has 0 unspecified atom stereocenters. The number of hydrogen-bond acceptors (Lipinski definition) is 3. The molecule has 0 aliphatic rings. The lowest BCUT2D eigenvalue weighted by atomic mass is 10.2. The second-order valence-electron chi connectivity index (χ2n) is 4.21. The van der Waals surface area contributed by atoms with Gasteiger partial charge in [-0.25, -0.2) is 4.98 Å². The van der Waals surface area contributed by atoms with Gasteiger partial charge in [-0.2, -0.15) is 13.2 Å². The van der Waals surface area contributed by atoms with Gasteiger partial charge in [-0.15, -0.1) is 0 Å². The Morgan fingerprint density at radius 2 is 2.00 bits per heavy atom. The summed E-state index contributed by atoms with van der Waals surface area (Å²) in [4.78, 5) is 8.32. The fraction of sp³-hybridized carbons (Fsp3) is 0.455. The Hall–Kier alpha value is -1.24. The number of aromatic nitrogens is 3. The third-order valence-electron chi connectivity index (χ3n) is 2.46. The van der Waals surface area contributed by atoms with Crippen LogP contribution in [0.25, 0.3) is 5.65 Å². The van der Waals surface area contributed by atoms with Gasteiger partial charge in [0.2, 0.25) is 0 Å². The largest absolute Gasteiger partial charge is 0.447 e. The van der Waals surface area contributed by atoms with E-state index in [1.165, 1.54) is 16.8 Å². The first-order valence-corrected chi connectivity index (χ1v) is 6.20. The standard InChI is InChI=1S/C11H12F3N3S/c1-6(2)8-10(18-11(12,13)14)17-5-4-15-7(3)9(17)16-8/h4-6H,1-3H3. The molecule has 0 aromatic carbocycles. The van der Waals surface area contributed by atoms with E-state index in [1.807, 2.05) is 13.8 Å². The summed E-state index contributed by atoms with van der Waals surface area (Å²) in [6.07, 6.45) is 2.99. The maximum atomic E-state index is 12.6. The molecule has 0 saturated carbocycles. The van der Waals surface area contributed by atoms with Crippen LogP contribution in [0.3, 0.4) is 0 Å². The molecular weight excluding hydrogens is 263 g/mol. The fourth-order valence-electron chi connectivity index (χ4n) is 1.69. The van der Waals surface area contributed by atoms with Crippen molar-refractivity contribution in [1.82, 2.24) is 14.4 Å². The molecule has 0 amide bonds. The summed E-state index contributed by atoms with van der Waals surface area (Å²) < 4.78 is 39.2. The molecule has 0 bridgehead atoms. The first kappa shape index (κ1) is 13.2. The van der Waals surface area contributed by atoms with Crippen LogP contribution >= 0.6 is 11.8 Å². The molecule has 2 rings (SSSR count). The van der Waals surface area contributed by atoms with E-state index in [0.717, 1.165) is 0 Å². The van der Waals surface area contributed by atoms with Gasteiger partial charge in [0, 0.05) is 24.2 Å². The second kappa shape index (κ2) is 4.46. The van der Waals surface area contributed by atoms with Crippen molar-refractivity contribution in [2.45, 2.75) is 37.2 Å². The minimum atomic E-state index is -4.32.